The highest BCUT2D eigenvalue weighted by Crippen LogP contribution is 2.48. The molecule has 3 nitrogen and oxygen atoms in total. The van der Waals surface area contributed by atoms with Gasteiger partial charge in [0.1, 0.15) is 10.2 Å². The summed E-state index contributed by atoms with van der Waals surface area (Å²) in [6, 6.07) is 37.4. The van der Waals surface area contributed by atoms with E-state index in [1.807, 2.05) is 143 Å². The summed E-state index contributed by atoms with van der Waals surface area (Å²) in [5.74, 6) is -0.536. The molecule has 36 heavy (non-hydrogen) atoms. The van der Waals surface area contributed by atoms with Gasteiger partial charge in [0.05, 0.1) is 10.8 Å². The molecular weight excluding hydrogens is 483 g/mol. The average Bonchev–Trinajstić information content (AvgIpc) is 2.88. The lowest BCUT2D eigenvalue weighted by Crippen LogP contribution is -2.38. The predicted molar refractivity (Wildman–Crippen MR) is 154 cm³/mol. The summed E-state index contributed by atoms with van der Waals surface area (Å²) >= 11 is 0. The molecule has 184 valence electrons. The summed E-state index contributed by atoms with van der Waals surface area (Å²) < 4.78 is 20.8. The Labute approximate surface area is 216 Å². The molecule has 0 saturated carbocycles. The number of carbonyl (C=O) groups is 1. The Hall–Kier alpha value is -3.20. The highest BCUT2D eigenvalue weighted by atomic mass is 32.2. The van der Waals surface area contributed by atoms with Crippen LogP contribution >= 0.6 is 6.89 Å². The number of aryl methyl sites for hydroxylation is 1. The lowest BCUT2D eigenvalue weighted by Gasteiger charge is -2.32. The van der Waals surface area contributed by atoms with E-state index >= 15 is 0 Å². The van der Waals surface area contributed by atoms with Gasteiger partial charge in [0.15, 0.2) is 0 Å². The molecule has 0 N–H and O–H groups in total. The Morgan fingerprint density at radius 2 is 1.06 bits per heavy atom. The van der Waals surface area contributed by atoms with Gasteiger partial charge in [0.25, 0.3) is 0 Å². The van der Waals surface area contributed by atoms with Crippen molar-refractivity contribution in [3.63, 3.8) is 0 Å². The lowest BCUT2D eigenvalue weighted by molar-refractivity contribution is -0.145. The topological polar surface area (TPSA) is 43.4 Å². The Morgan fingerprint density at radius 1 is 0.667 bits per heavy atom. The second-order valence-corrected chi connectivity index (χ2v) is 14.6. The SMILES string of the molecule is Cc1ccc(S(=O)C(C(=O)OC(C)(C)C)=P(c2ccccc2)(c2ccccc2)c2ccccc2)cc1. The van der Waals surface area contributed by atoms with Crippen LogP contribution in [-0.4, -0.2) is 20.4 Å². The third-order valence-electron chi connectivity index (χ3n) is 5.72. The van der Waals surface area contributed by atoms with Crippen LogP contribution in [0, 0.1) is 6.92 Å². The van der Waals surface area contributed by atoms with E-state index in [0.29, 0.717) is 4.90 Å². The summed E-state index contributed by atoms with van der Waals surface area (Å²) in [7, 11) is -1.77. The van der Waals surface area contributed by atoms with Crippen molar-refractivity contribution in [2.75, 3.05) is 0 Å². The number of esters is 1. The van der Waals surface area contributed by atoms with E-state index in [4.69, 9.17) is 4.74 Å². The van der Waals surface area contributed by atoms with Crippen molar-refractivity contribution < 1.29 is 13.7 Å². The first-order valence-corrected chi connectivity index (χ1v) is 14.8. The quantitative estimate of drug-likeness (QED) is 0.250. The third kappa shape index (κ3) is 5.31. The van der Waals surface area contributed by atoms with E-state index in [1.54, 1.807) is 0 Å². The summed E-state index contributed by atoms with van der Waals surface area (Å²) in [5.41, 5.74) is 0.310. The van der Waals surface area contributed by atoms with E-state index in [2.05, 4.69) is 0 Å². The monoisotopic (exact) mass is 514 g/mol. The van der Waals surface area contributed by atoms with Crippen molar-refractivity contribution in [1.82, 2.24) is 0 Å². The number of ether oxygens (including phenoxy) is 1. The second kappa shape index (κ2) is 10.8. The highest BCUT2D eigenvalue weighted by molar-refractivity contribution is 8.18. The minimum atomic E-state index is -2.90. The standard InChI is InChI=1S/C31H31O3PS/c1-24-20-22-28(23-21-24)36(33)30(29(32)34-31(2,3)4)35(25-14-8-5-9-15-25,26-16-10-6-11-17-26)27-18-12-7-13-19-27/h5-23H,1-4H3. The summed E-state index contributed by atoms with van der Waals surface area (Å²) in [6.07, 6.45) is 0. The predicted octanol–water partition coefficient (Wildman–Crippen LogP) is 5.57. The van der Waals surface area contributed by atoms with Gasteiger partial charge in [0.2, 0.25) is 0 Å². The van der Waals surface area contributed by atoms with Crippen LogP contribution in [0.1, 0.15) is 26.3 Å². The van der Waals surface area contributed by atoms with Crippen molar-refractivity contribution in [3.8, 4) is 0 Å². The largest absolute Gasteiger partial charge is 0.456 e. The smallest absolute Gasteiger partial charge is 0.349 e. The van der Waals surface area contributed by atoms with Crippen LogP contribution in [0.4, 0.5) is 0 Å². The number of hydrogen-bond donors (Lipinski definition) is 0. The Kier molecular flexibility index (Phi) is 7.78. The molecule has 1 unspecified atom stereocenters. The average molecular weight is 515 g/mol. The summed E-state index contributed by atoms with van der Waals surface area (Å²) in [5, 5.41) is 2.84. The number of rotatable bonds is 6. The minimum Gasteiger partial charge on any atom is -0.456 e. The first-order chi connectivity index (χ1) is 17.2. The van der Waals surface area contributed by atoms with Crippen molar-refractivity contribution >= 4 is 44.2 Å². The molecule has 0 fully saturated rings. The molecule has 0 aliphatic carbocycles. The fourth-order valence-corrected chi connectivity index (χ4v) is 11.0. The van der Waals surface area contributed by atoms with Crippen LogP contribution < -0.4 is 15.9 Å². The van der Waals surface area contributed by atoms with Gasteiger partial charge in [-0.2, -0.15) is 0 Å². The zero-order valence-electron chi connectivity index (χ0n) is 21.0. The van der Waals surface area contributed by atoms with Gasteiger partial charge in [-0.1, -0.05) is 109 Å². The maximum absolute atomic E-state index is 14.6. The molecule has 0 radical (unpaired) electrons. The van der Waals surface area contributed by atoms with Crippen molar-refractivity contribution in [1.29, 1.82) is 0 Å². The molecule has 0 aromatic heterocycles. The molecule has 0 amide bonds. The molecule has 0 aliphatic heterocycles. The van der Waals surface area contributed by atoms with Crippen LogP contribution in [0.3, 0.4) is 0 Å². The zero-order chi connectivity index (χ0) is 25.8. The molecule has 0 aliphatic rings. The van der Waals surface area contributed by atoms with Crippen LogP contribution in [-0.2, 0) is 20.3 Å². The van der Waals surface area contributed by atoms with E-state index in [-0.39, 0.29) is 4.63 Å². The fourth-order valence-electron chi connectivity index (χ4n) is 4.19. The molecule has 5 heteroatoms. The van der Waals surface area contributed by atoms with E-state index in [9.17, 15) is 9.00 Å². The van der Waals surface area contributed by atoms with E-state index < -0.39 is 29.3 Å². The number of benzene rings is 4. The van der Waals surface area contributed by atoms with E-state index in [1.165, 1.54) is 0 Å². The first kappa shape index (κ1) is 25.9. The van der Waals surface area contributed by atoms with Gasteiger partial charge in [-0.3, -0.25) is 0 Å². The van der Waals surface area contributed by atoms with E-state index in [0.717, 1.165) is 21.5 Å². The number of carbonyl (C=O) groups excluding carboxylic acids is 1. The fraction of sp³-hybridized carbons (Fsp3) is 0.161. The molecule has 4 aromatic rings. The molecule has 0 bridgehead atoms. The van der Waals surface area contributed by atoms with Gasteiger partial charge < -0.3 is 4.74 Å². The van der Waals surface area contributed by atoms with Crippen LogP contribution in [0.25, 0.3) is 0 Å². The third-order valence-corrected chi connectivity index (χ3v) is 12.3. The van der Waals surface area contributed by atoms with Gasteiger partial charge in [-0.15, -0.1) is 0 Å². The summed E-state index contributed by atoms with van der Waals surface area (Å²) in [6.45, 7) is 4.60. The zero-order valence-corrected chi connectivity index (χ0v) is 22.8. The van der Waals surface area contributed by atoms with Crippen LogP contribution in [0.2, 0.25) is 0 Å². The summed E-state index contributed by atoms with van der Waals surface area (Å²) in [4.78, 5) is 14.8. The van der Waals surface area contributed by atoms with Gasteiger partial charge in [-0.05, 0) is 55.7 Å². The Balaban J connectivity index is 2.24. The normalized spacial score (nSPS) is 12.6. The van der Waals surface area contributed by atoms with Crippen LogP contribution in [0.15, 0.2) is 120 Å². The highest BCUT2D eigenvalue weighted by Gasteiger charge is 2.38. The maximum Gasteiger partial charge on any atom is 0.349 e. The Morgan fingerprint density at radius 3 is 1.42 bits per heavy atom. The molecule has 4 rings (SSSR count). The number of hydrogen-bond acceptors (Lipinski definition) is 3. The molecule has 1 atom stereocenters. The minimum absolute atomic E-state index is 0.282. The lowest BCUT2D eigenvalue weighted by atomic mass is 10.2. The van der Waals surface area contributed by atoms with Gasteiger partial charge in [0, 0.05) is 11.8 Å². The second-order valence-electron chi connectivity index (χ2n) is 9.57. The maximum atomic E-state index is 14.6. The van der Waals surface area contributed by atoms with Crippen molar-refractivity contribution in [2.45, 2.75) is 38.2 Å². The molecule has 0 heterocycles. The Bertz CT molecular complexity index is 1300. The van der Waals surface area contributed by atoms with Gasteiger partial charge in [-0.25, -0.2) is 9.00 Å². The van der Waals surface area contributed by atoms with Gasteiger partial charge >= 0.3 is 5.97 Å². The molecular formula is C31H31O3PS. The van der Waals surface area contributed by atoms with Crippen molar-refractivity contribution in [3.05, 3.63) is 121 Å². The molecule has 0 saturated heterocycles. The first-order valence-electron chi connectivity index (χ1n) is 11.9. The van der Waals surface area contributed by atoms with Crippen molar-refractivity contribution in [2.24, 2.45) is 0 Å². The molecule has 4 aromatic carbocycles. The van der Waals surface area contributed by atoms with Crippen LogP contribution in [0.5, 0.6) is 0 Å². The molecule has 0 spiro atoms.